The van der Waals surface area contributed by atoms with Gasteiger partial charge in [0.15, 0.2) is 11.6 Å². The van der Waals surface area contributed by atoms with Crippen LogP contribution in [-0.4, -0.2) is 18.4 Å². The van der Waals surface area contributed by atoms with Crippen molar-refractivity contribution in [3.05, 3.63) is 58.7 Å². The topological polar surface area (TPSA) is 49.4 Å². The molecule has 0 saturated carbocycles. The number of hydrogen-bond acceptors (Lipinski definition) is 2. The minimum absolute atomic E-state index is 0.0406. The second-order valence-corrected chi connectivity index (χ2v) is 6.47. The molecule has 2 aromatic rings. The number of anilines is 2. The maximum absolute atomic E-state index is 13.3. The summed E-state index contributed by atoms with van der Waals surface area (Å²) in [7, 11) is 0. The minimum Gasteiger partial charge on any atom is -0.322 e. The zero-order valence-electron chi connectivity index (χ0n) is 13.6. The van der Waals surface area contributed by atoms with Crippen LogP contribution in [0.2, 0.25) is 0 Å². The van der Waals surface area contributed by atoms with Gasteiger partial charge in [-0.15, -0.1) is 0 Å². The van der Waals surface area contributed by atoms with Crippen LogP contribution in [-0.2, 0) is 11.2 Å². The minimum atomic E-state index is -1.06. The summed E-state index contributed by atoms with van der Waals surface area (Å²) < 4.78 is 26.3. The first-order chi connectivity index (χ1) is 12.0. The summed E-state index contributed by atoms with van der Waals surface area (Å²) in [5, 5.41) is 2.73. The molecule has 0 aromatic heterocycles. The zero-order valence-corrected chi connectivity index (χ0v) is 13.6. The lowest BCUT2D eigenvalue weighted by molar-refractivity contribution is -0.119. The lowest BCUT2D eigenvalue weighted by atomic mass is 9.96. The molecule has 0 fully saturated rings. The van der Waals surface area contributed by atoms with E-state index < -0.39 is 17.5 Å². The van der Waals surface area contributed by atoms with Gasteiger partial charge in [-0.1, -0.05) is 0 Å². The summed E-state index contributed by atoms with van der Waals surface area (Å²) in [5.74, 6) is -2.74. The Kier molecular flexibility index (Phi) is 3.56. The third-order valence-corrected chi connectivity index (χ3v) is 4.86. The van der Waals surface area contributed by atoms with E-state index in [1.54, 1.807) is 6.07 Å². The summed E-state index contributed by atoms with van der Waals surface area (Å²) in [6.07, 6.45) is 1.72. The van der Waals surface area contributed by atoms with Crippen molar-refractivity contribution in [1.82, 2.24) is 0 Å². The monoisotopic (exact) mass is 342 g/mol. The molecule has 6 heteroatoms. The summed E-state index contributed by atoms with van der Waals surface area (Å²) in [6, 6.07) is 6.68. The van der Waals surface area contributed by atoms with Crippen molar-refractivity contribution in [2.75, 3.05) is 16.8 Å². The second-order valence-electron chi connectivity index (χ2n) is 6.47. The smallest absolute Gasteiger partial charge is 0.255 e. The molecule has 0 saturated heterocycles. The highest BCUT2D eigenvalue weighted by molar-refractivity contribution is 6.08. The number of halogens is 2. The molecule has 4 rings (SSSR count). The van der Waals surface area contributed by atoms with Crippen LogP contribution in [0.5, 0.6) is 0 Å². The van der Waals surface area contributed by atoms with Crippen LogP contribution in [0.1, 0.15) is 40.7 Å². The lowest BCUT2D eigenvalue weighted by Crippen LogP contribution is -2.32. The molecule has 1 N–H and O–H groups in total. The number of rotatable bonds is 2. The first-order valence-electron chi connectivity index (χ1n) is 8.20. The highest BCUT2D eigenvalue weighted by Crippen LogP contribution is 2.44. The fourth-order valence-electron chi connectivity index (χ4n) is 3.61. The number of hydrogen-bond donors (Lipinski definition) is 1. The van der Waals surface area contributed by atoms with Crippen molar-refractivity contribution in [2.45, 2.75) is 25.7 Å². The quantitative estimate of drug-likeness (QED) is 0.906. The van der Waals surface area contributed by atoms with Crippen molar-refractivity contribution >= 4 is 23.2 Å². The van der Waals surface area contributed by atoms with Gasteiger partial charge in [-0.2, -0.15) is 0 Å². The number of benzene rings is 2. The summed E-state index contributed by atoms with van der Waals surface area (Å²) >= 11 is 0. The third kappa shape index (κ3) is 2.49. The molecule has 1 atom stereocenters. The number of carbonyl (C=O) groups is 2. The number of nitrogens with zero attached hydrogens (tertiary/aromatic N) is 1. The Morgan fingerprint density at radius 1 is 1.20 bits per heavy atom. The van der Waals surface area contributed by atoms with Gasteiger partial charge in [0.05, 0.1) is 11.6 Å². The average molecular weight is 342 g/mol. The molecular weight excluding hydrogens is 326 g/mol. The number of aryl methyl sites for hydroxylation is 1. The Bertz CT molecular complexity index is 911. The fraction of sp³-hybridized carbons (Fsp3) is 0.263. The standard InChI is InChI=1S/C19H16F2N2O2/c1-10-14-9-13(7-11-3-2-6-23(17(11)14)19(10)25)22-18(24)12-4-5-15(20)16(21)8-12/h4-5,7-10H,2-3,6H2,1H3,(H,22,24)/t10-/m0/s1. The summed E-state index contributed by atoms with van der Waals surface area (Å²) in [5.41, 5.74) is 3.50. The van der Waals surface area contributed by atoms with Gasteiger partial charge in [0.25, 0.3) is 5.91 Å². The van der Waals surface area contributed by atoms with E-state index in [2.05, 4.69) is 5.32 Å². The van der Waals surface area contributed by atoms with E-state index in [0.717, 1.165) is 48.3 Å². The molecule has 0 radical (unpaired) electrons. The van der Waals surface area contributed by atoms with Crippen LogP contribution in [0.3, 0.4) is 0 Å². The maximum Gasteiger partial charge on any atom is 0.255 e. The fourth-order valence-corrected chi connectivity index (χ4v) is 3.61. The van der Waals surface area contributed by atoms with Gasteiger partial charge in [0.1, 0.15) is 0 Å². The van der Waals surface area contributed by atoms with Crippen LogP contribution in [0.25, 0.3) is 0 Å². The van der Waals surface area contributed by atoms with Gasteiger partial charge in [0.2, 0.25) is 5.91 Å². The van der Waals surface area contributed by atoms with Crippen molar-refractivity contribution in [2.24, 2.45) is 0 Å². The molecule has 2 aliphatic rings. The van der Waals surface area contributed by atoms with Gasteiger partial charge >= 0.3 is 0 Å². The third-order valence-electron chi connectivity index (χ3n) is 4.86. The van der Waals surface area contributed by atoms with Crippen molar-refractivity contribution in [3.8, 4) is 0 Å². The summed E-state index contributed by atoms with van der Waals surface area (Å²) in [6.45, 7) is 2.58. The second kappa shape index (κ2) is 5.65. The average Bonchev–Trinajstić information content (AvgIpc) is 2.84. The van der Waals surface area contributed by atoms with Crippen LogP contribution in [0, 0.1) is 11.6 Å². The molecule has 2 aliphatic heterocycles. The molecule has 2 heterocycles. The number of carbonyl (C=O) groups excluding carboxylic acids is 2. The van der Waals surface area contributed by atoms with E-state index in [1.165, 1.54) is 6.07 Å². The van der Waals surface area contributed by atoms with E-state index in [1.807, 2.05) is 17.9 Å². The number of nitrogens with one attached hydrogen (secondary N) is 1. The van der Waals surface area contributed by atoms with E-state index >= 15 is 0 Å². The predicted molar refractivity (Wildman–Crippen MR) is 89.8 cm³/mol. The molecule has 0 bridgehead atoms. The van der Waals surface area contributed by atoms with Gasteiger partial charge < -0.3 is 10.2 Å². The molecule has 2 amide bonds. The molecule has 2 aromatic carbocycles. The van der Waals surface area contributed by atoms with Gasteiger partial charge in [0, 0.05) is 17.8 Å². The molecular formula is C19H16F2N2O2. The van der Waals surface area contributed by atoms with E-state index in [9.17, 15) is 18.4 Å². The zero-order chi connectivity index (χ0) is 17.7. The first-order valence-corrected chi connectivity index (χ1v) is 8.20. The Labute approximate surface area is 143 Å². The van der Waals surface area contributed by atoms with Crippen molar-refractivity contribution in [1.29, 1.82) is 0 Å². The van der Waals surface area contributed by atoms with Crippen LogP contribution in [0.4, 0.5) is 20.2 Å². The Morgan fingerprint density at radius 3 is 2.76 bits per heavy atom. The first kappa shape index (κ1) is 15.7. The number of amides is 2. The Morgan fingerprint density at radius 2 is 2.00 bits per heavy atom. The van der Waals surface area contributed by atoms with E-state index in [0.29, 0.717) is 5.69 Å². The van der Waals surface area contributed by atoms with Gasteiger partial charge in [-0.3, -0.25) is 9.59 Å². The van der Waals surface area contributed by atoms with Crippen LogP contribution >= 0.6 is 0 Å². The van der Waals surface area contributed by atoms with Crippen molar-refractivity contribution in [3.63, 3.8) is 0 Å². The Hall–Kier alpha value is -2.76. The van der Waals surface area contributed by atoms with E-state index in [4.69, 9.17) is 0 Å². The van der Waals surface area contributed by atoms with E-state index in [-0.39, 0.29) is 17.4 Å². The van der Waals surface area contributed by atoms with Crippen LogP contribution in [0.15, 0.2) is 30.3 Å². The van der Waals surface area contributed by atoms with Gasteiger partial charge in [-0.25, -0.2) is 8.78 Å². The highest BCUT2D eigenvalue weighted by atomic mass is 19.2. The van der Waals surface area contributed by atoms with Gasteiger partial charge in [-0.05, 0) is 61.2 Å². The van der Waals surface area contributed by atoms with Crippen molar-refractivity contribution < 1.29 is 18.4 Å². The highest BCUT2D eigenvalue weighted by Gasteiger charge is 2.37. The molecule has 0 aliphatic carbocycles. The maximum atomic E-state index is 13.3. The SMILES string of the molecule is C[C@@H]1C(=O)N2CCCc3cc(NC(=O)c4ccc(F)c(F)c4)cc1c32. The largest absolute Gasteiger partial charge is 0.322 e. The molecule has 128 valence electrons. The molecule has 0 spiro atoms. The molecule has 0 unspecified atom stereocenters. The van der Waals surface area contributed by atoms with Crippen LogP contribution < -0.4 is 10.2 Å². The Balaban J connectivity index is 1.67. The summed E-state index contributed by atoms with van der Waals surface area (Å²) in [4.78, 5) is 26.5. The normalized spacial score (nSPS) is 18.3. The predicted octanol–water partition coefficient (Wildman–Crippen LogP) is 3.61. The molecule has 4 nitrogen and oxygen atoms in total. The molecule has 25 heavy (non-hydrogen) atoms. The lowest BCUT2D eigenvalue weighted by Gasteiger charge is -2.26.